The SMILES string of the molecule is Cc1ccc2c(CN3CCC(CO)CC3)cc(=O)oc2c1. The van der Waals surface area contributed by atoms with Gasteiger partial charge in [-0.15, -0.1) is 0 Å². The number of fused-ring (bicyclic) bond motifs is 1. The van der Waals surface area contributed by atoms with Crippen molar-refractivity contribution in [3.05, 3.63) is 45.8 Å². The molecule has 0 bridgehead atoms. The first-order valence-corrected chi connectivity index (χ1v) is 7.52. The van der Waals surface area contributed by atoms with E-state index < -0.39 is 0 Å². The van der Waals surface area contributed by atoms with E-state index in [1.165, 1.54) is 0 Å². The Kier molecular flexibility index (Phi) is 4.08. The molecule has 1 aliphatic heterocycles. The molecule has 0 unspecified atom stereocenters. The van der Waals surface area contributed by atoms with Gasteiger partial charge >= 0.3 is 5.63 Å². The number of likely N-dealkylation sites (tertiary alicyclic amines) is 1. The van der Waals surface area contributed by atoms with Crippen LogP contribution >= 0.6 is 0 Å². The third-order valence-electron chi connectivity index (χ3n) is 4.34. The van der Waals surface area contributed by atoms with Crippen molar-refractivity contribution >= 4 is 11.0 Å². The Balaban J connectivity index is 1.85. The average Bonchev–Trinajstić information content (AvgIpc) is 2.47. The summed E-state index contributed by atoms with van der Waals surface area (Å²) in [7, 11) is 0. The molecular weight excluding hydrogens is 266 g/mol. The fourth-order valence-corrected chi connectivity index (χ4v) is 3.04. The van der Waals surface area contributed by atoms with Crippen molar-refractivity contribution < 1.29 is 9.52 Å². The standard InChI is InChI=1S/C17H21NO3/c1-12-2-3-15-14(9-17(20)21-16(15)8-12)10-18-6-4-13(11-19)5-7-18/h2-3,8-9,13,19H,4-7,10-11H2,1H3. The number of aliphatic hydroxyl groups is 1. The van der Waals surface area contributed by atoms with E-state index in [0.29, 0.717) is 11.5 Å². The summed E-state index contributed by atoms with van der Waals surface area (Å²) >= 11 is 0. The zero-order valence-corrected chi connectivity index (χ0v) is 12.3. The summed E-state index contributed by atoms with van der Waals surface area (Å²) in [5, 5.41) is 10.2. The fraction of sp³-hybridized carbons (Fsp3) is 0.471. The van der Waals surface area contributed by atoms with Crippen LogP contribution in [0.4, 0.5) is 0 Å². The Hall–Kier alpha value is -1.65. The number of piperidine rings is 1. The molecule has 0 amide bonds. The third kappa shape index (κ3) is 3.17. The topological polar surface area (TPSA) is 53.7 Å². The average molecular weight is 287 g/mol. The van der Waals surface area contributed by atoms with E-state index in [4.69, 9.17) is 4.42 Å². The predicted molar refractivity (Wildman–Crippen MR) is 82.3 cm³/mol. The molecule has 21 heavy (non-hydrogen) atoms. The number of aliphatic hydroxyl groups excluding tert-OH is 1. The summed E-state index contributed by atoms with van der Waals surface area (Å²) in [4.78, 5) is 14.1. The molecule has 4 heteroatoms. The first kappa shape index (κ1) is 14.3. The number of benzene rings is 1. The molecule has 0 saturated carbocycles. The van der Waals surface area contributed by atoms with E-state index in [9.17, 15) is 9.90 Å². The maximum atomic E-state index is 11.7. The lowest BCUT2D eigenvalue weighted by Crippen LogP contribution is -2.34. The van der Waals surface area contributed by atoms with Crippen molar-refractivity contribution in [2.75, 3.05) is 19.7 Å². The zero-order valence-electron chi connectivity index (χ0n) is 12.3. The van der Waals surface area contributed by atoms with Crippen molar-refractivity contribution in [2.45, 2.75) is 26.3 Å². The van der Waals surface area contributed by atoms with Gasteiger partial charge in [0.05, 0.1) is 0 Å². The van der Waals surface area contributed by atoms with Gasteiger partial charge in [0.15, 0.2) is 0 Å². The smallest absolute Gasteiger partial charge is 0.336 e. The van der Waals surface area contributed by atoms with Crippen LogP contribution in [0.15, 0.2) is 33.5 Å². The molecule has 1 aromatic heterocycles. The second-order valence-electron chi connectivity index (χ2n) is 5.99. The minimum Gasteiger partial charge on any atom is -0.423 e. The molecule has 3 rings (SSSR count). The fourth-order valence-electron chi connectivity index (χ4n) is 3.04. The Morgan fingerprint density at radius 2 is 2.05 bits per heavy atom. The monoisotopic (exact) mass is 287 g/mol. The van der Waals surface area contributed by atoms with Crippen LogP contribution in [0.1, 0.15) is 24.0 Å². The number of rotatable bonds is 3. The number of hydrogen-bond acceptors (Lipinski definition) is 4. The van der Waals surface area contributed by atoms with E-state index in [1.54, 1.807) is 6.07 Å². The van der Waals surface area contributed by atoms with Crippen LogP contribution in [-0.2, 0) is 6.54 Å². The number of nitrogens with zero attached hydrogens (tertiary/aromatic N) is 1. The molecule has 2 heterocycles. The first-order chi connectivity index (χ1) is 10.2. The minimum atomic E-state index is -0.284. The van der Waals surface area contributed by atoms with Crippen LogP contribution in [0, 0.1) is 12.8 Å². The molecule has 4 nitrogen and oxygen atoms in total. The maximum absolute atomic E-state index is 11.7. The van der Waals surface area contributed by atoms with E-state index in [2.05, 4.69) is 4.90 Å². The van der Waals surface area contributed by atoms with Crippen LogP contribution in [0.3, 0.4) is 0 Å². The summed E-state index contributed by atoms with van der Waals surface area (Å²) in [6.45, 7) is 4.98. The summed E-state index contributed by atoms with van der Waals surface area (Å²) in [6.07, 6.45) is 2.05. The molecular formula is C17H21NO3. The number of hydrogen-bond donors (Lipinski definition) is 1. The number of aryl methyl sites for hydroxylation is 1. The lowest BCUT2D eigenvalue weighted by Gasteiger charge is -2.31. The summed E-state index contributed by atoms with van der Waals surface area (Å²) in [6, 6.07) is 7.60. The Morgan fingerprint density at radius 1 is 1.29 bits per heavy atom. The second-order valence-corrected chi connectivity index (χ2v) is 5.99. The van der Waals surface area contributed by atoms with Gasteiger partial charge in [0.2, 0.25) is 0 Å². The van der Waals surface area contributed by atoms with E-state index in [-0.39, 0.29) is 12.2 Å². The molecule has 0 aliphatic carbocycles. The second kappa shape index (κ2) is 6.00. The quantitative estimate of drug-likeness (QED) is 0.880. The van der Waals surface area contributed by atoms with Crippen molar-refractivity contribution in [3.63, 3.8) is 0 Å². The van der Waals surface area contributed by atoms with Gasteiger partial charge in [-0.25, -0.2) is 4.79 Å². The molecule has 0 spiro atoms. The Labute approximate surface area is 124 Å². The predicted octanol–water partition coefficient (Wildman–Crippen LogP) is 2.31. The highest BCUT2D eigenvalue weighted by Gasteiger charge is 2.19. The van der Waals surface area contributed by atoms with Crippen molar-refractivity contribution in [3.8, 4) is 0 Å². The van der Waals surface area contributed by atoms with E-state index in [0.717, 1.165) is 49.0 Å². The lowest BCUT2D eigenvalue weighted by molar-refractivity contribution is 0.127. The molecule has 2 aromatic rings. The summed E-state index contributed by atoms with van der Waals surface area (Å²) in [5.74, 6) is 0.432. The zero-order chi connectivity index (χ0) is 14.8. The van der Waals surface area contributed by atoms with Gasteiger partial charge in [-0.05, 0) is 56.0 Å². The van der Waals surface area contributed by atoms with Crippen LogP contribution < -0.4 is 5.63 Å². The highest BCUT2D eigenvalue weighted by Crippen LogP contribution is 2.23. The Bertz CT molecular complexity index is 684. The normalized spacial score (nSPS) is 17.4. The first-order valence-electron chi connectivity index (χ1n) is 7.52. The van der Waals surface area contributed by atoms with Crippen molar-refractivity contribution in [1.82, 2.24) is 4.90 Å². The maximum Gasteiger partial charge on any atom is 0.336 e. The highest BCUT2D eigenvalue weighted by molar-refractivity contribution is 5.80. The summed E-state index contributed by atoms with van der Waals surface area (Å²) in [5.41, 5.74) is 2.51. The van der Waals surface area contributed by atoms with E-state index >= 15 is 0 Å². The molecule has 1 aromatic carbocycles. The Morgan fingerprint density at radius 3 is 2.76 bits per heavy atom. The molecule has 1 N–H and O–H groups in total. The van der Waals surface area contributed by atoms with Gasteiger partial charge in [0.25, 0.3) is 0 Å². The van der Waals surface area contributed by atoms with Crippen LogP contribution in [0.25, 0.3) is 11.0 Å². The van der Waals surface area contributed by atoms with Gasteiger partial charge in [-0.2, -0.15) is 0 Å². The minimum absolute atomic E-state index is 0.283. The van der Waals surface area contributed by atoms with Crippen molar-refractivity contribution in [1.29, 1.82) is 0 Å². The largest absolute Gasteiger partial charge is 0.423 e. The molecule has 112 valence electrons. The highest BCUT2D eigenvalue weighted by atomic mass is 16.4. The van der Waals surface area contributed by atoms with Gasteiger partial charge < -0.3 is 9.52 Å². The lowest BCUT2D eigenvalue weighted by atomic mass is 9.97. The van der Waals surface area contributed by atoms with Gasteiger partial charge in [-0.3, -0.25) is 4.90 Å². The van der Waals surface area contributed by atoms with Gasteiger partial charge in [-0.1, -0.05) is 12.1 Å². The van der Waals surface area contributed by atoms with Crippen LogP contribution in [0.5, 0.6) is 0 Å². The molecule has 0 radical (unpaired) electrons. The molecule has 1 fully saturated rings. The van der Waals surface area contributed by atoms with Gasteiger partial charge in [0, 0.05) is 24.6 Å². The molecule has 0 atom stereocenters. The van der Waals surface area contributed by atoms with Crippen molar-refractivity contribution in [2.24, 2.45) is 5.92 Å². The van der Waals surface area contributed by atoms with Crippen LogP contribution in [0.2, 0.25) is 0 Å². The molecule has 1 saturated heterocycles. The van der Waals surface area contributed by atoms with Crippen LogP contribution in [-0.4, -0.2) is 29.7 Å². The van der Waals surface area contributed by atoms with E-state index in [1.807, 2.05) is 25.1 Å². The third-order valence-corrected chi connectivity index (χ3v) is 4.34. The molecule has 1 aliphatic rings. The van der Waals surface area contributed by atoms with Gasteiger partial charge in [0.1, 0.15) is 5.58 Å². The summed E-state index contributed by atoms with van der Waals surface area (Å²) < 4.78 is 5.30.